The molecule has 0 aliphatic carbocycles. The highest BCUT2D eigenvalue weighted by molar-refractivity contribution is 7.98. The molecule has 0 aromatic heterocycles. The summed E-state index contributed by atoms with van der Waals surface area (Å²) in [4.78, 5) is 6.76. The van der Waals surface area contributed by atoms with Gasteiger partial charge in [0.15, 0.2) is 5.96 Å². The van der Waals surface area contributed by atoms with E-state index in [0.717, 1.165) is 70.3 Å². The molecule has 0 spiro atoms. The van der Waals surface area contributed by atoms with Crippen LogP contribution in [0.3, 0.4) is 0 Å². The van der Waals surface area contributed by atoms with E-state index in [9.17, 15) is 0 Å². The molecule has 0 radical (unpaired) electrons. The van der Waals surface area contributed by atoms with E-state index in [0.29, 0.717) is 6.10 Å². The van der Waals surface area contributed by atoms with Gasteiger partial charge in [0.1, 0.15) is 0 Å². The maximum Gasteiger partial charge on any atom is 0.191 e. The van der Waals surface area contributed by atoms with E-state index in [4.69, 9.17) is 4.74 Å². The number of ether oxygens (including phenoxy) is 1. The Morgan fingerprint density at radius 3 is 2.62 bits per heavy atom. The first-order valence-corrected chi connectivity index (χ1v) is 11.0. The second-order valence-electron chi connectivity index (χ2n) is 6.60. The number of thioether (sulfide) groups is 1. The van der Waals surface area contributed by atoms with Gasteiger partial charge in [0.2, 0.25) is 0 Å². The van der Waals surface area contributed by atoms with Crippen molar-refractivity contribution in [2.45, 2.75) is 31.9 Å². The van der Waals surface area contributed by atoms with Crippen LogP contribution in [-0.4, -0.2) is 68.8 Å². The van der Waals surface area contributed by atoms with E-state index in [1.54, 1.807) is 0 Å². The van der Waals surface area contributed by atoms with Crippen molar-refractivity contribution in [3.05, 3.63) is 35.9 Å². The van der Waals surface area contributed by atoms with Crippen LogP contribution in [0.15, 0.2) is 35.3 Å². The van der Waals surface area contributed by atoms with Crippen molar-refractivity contribution in [1.82, 2.24) is 15.5 Å². The first-order valence-electron chi connectivity index (χ1n) is 9.63. The van der Waals surface area contributed by atoms with Crippen molar-refractivity contribution in [1.29, 1.82) is 0 Å². The number of hydrogen-bond acceptors (Lipinski definition) is 4. The van der Waals surface area contributed by atoms with Crippen molar-refractivity contribution in [2.24, 2.45) is 4.99 Å². The first kappa shape index (κ1) is 21.1. The van der Waals surface area contributed by atoms with Crippen LogP contribution in [0.25, 0.3) is 0 Å². The monoisotopic (exact) mass is 378 g/mol. The highest BCUT2D eigenvalue weighted by Crippen LogP contribution is 2.16. The van der Waals surface area contributed by atoms with Gasteiger partial charge >= 0.3 is 0 Å². The van der Waals surface area contributed by atoms with Crippen LogP contribution < -0.4 is 10.6 Å². The average molecular weight is 379 g/mol. The molecule has 2 N–H and O–H groups in total. The lowest BCUT2D eigenvalue weighted by Crippen LogP contribution is -2.39. The first-order chi connectivity index (χ1) is 12.8. The fourth-order valence-corrected chi connectivity index (χ4v) is 3.40. The highest BCUT2D eigenvalue weighted by Gasteiger charge is 2.19. The molecule has 0 bridgehead atoms. The quantitative estimate of drug-likeness (QED) is 0.372. The molecule has 6 heteroatoms. The number of rotatable bonds is 10. The lowest BCUT2D eigenvalue weighted by molar-refractivity contribution is 0.00534. The number of nitrogens with one attached hydrogen (secondary N) is 2. The summed E-state index contributed by atoms with van der Waals surface area (Å²) in [5, 5.41) is 6.65. The van der Waals surface area contributed by atoms with E-state index in [-0.39, 0.29) is 0 Å². The molecule has 146 valence electrons. The normalized spacial score (nSPS) is 16.6. The standard InChI is InChI=1S/C20H34N4OS/c1-21-20(23-12-16-26-2)22-11-6-15-25-19-9-13-24(14-10-19)17-18-7-4-3-5-8-18/h3-5,7-8,19H,6,9-17H2,1-2H3,(H2,21,22,23). The molecule has 1 saturated heterocycles. The number of guanidine groups is 1. The molecule has 1 aliphatic heterocycles. The van der Waals surface area contributed by atoms with E-state index < -0.39 is 0 Å². The molecule has 0 unspecified atom stereocenters. The topological polar surface area (TPSA) is 48.9 Å². The Hall–Kier alpha value is -1.24. The van der Waals surface area contributed by atoms with E-state index >= 15 is 0 Å². The van der Waals surface area contributed by atoms with Gasteiger partial charge in [0.25, 0.3) is 0 Å². The van der Waals surface area contributed by atoms with Crippen LogP contribution in [0.2, 0.25) is 0 Å². The van der Waals surface area contributed by atoms with Crippen molar-refractivity contribution >= 4 is 17.7 Å². The number of hydrogen-bond donors (Lipinski definition) is 2. The molecule has 0 atom stereocenters. The van der Waals surface area contributed by atoms with Crippen LogP contribution in [0.5, 0.6) is 0 Å². The zero-order valence-electron chi connectivity index (χ0n) is 16.2. The summed E-state index contributed by atoms with van der Waals surface area (Å²) in [7, 11) is 1.81. The van der Waals surface area contributed by atoms with Crippen LogP contribution in [-0.2, 0) is 11.3 Å². The summed E-state index contributed by atoms with van der Waals surface area (Å²) in [6.07, 6.45) is 5.81. The van der Waals surface area contributed by atoms with E-state index in [2.05, 4.69) is 57.1 Å². The summed E-state index contributed by atoms with van der Waals surface area (Å²) in [5.74, 6) is 1.97. The van der Waals surface area contributed by atoms with Crippen LogP contribution in [0, 0.1) is 0 Å². The van der Waals surface area contributed by atoms with Gasteiger partial charge in [-0.1, -0.05) is 30.3 Å². The number of aliphatic imine (C=N–C) groups is 1. The SMILES string of the molecule is CN=C(NCCCOC1CCN(Cc2ccccc2)CC1)NCCSC. The molecule has 0 saturated carbocycles. The Balaban J connectivity index is 1.51. The fourth-order valence-electron chi connectivity index (χ4n) is 3.10. The summed E-state index contributed by atoms with van der Waals surface area (Å²) in [6.45, 7) is 5.97. The molecule has 1 aliphatic rings. The summed E-state index contributed by atoms with van der Waals surface area (Å²) in [5.41, 5.74) is 1.40. The molecule has 1 aromatic rings. The minimum Gasteiger partial charge on any atom is -0.378 e. The number of piperidine rings is 1. The molecule has 5 nitrogen and oxygen atoms in total. The average Bonchev–Trinajstić information content (AvgIpc) is 2.68. The summed E-state index contributed by atoms with van der Waals surface area (Å²) >= 11 is 1.83. The predicted molar refractivity (Wildman–Crippen MR) is 113 cm³/mol. The molecule has 2 rings (SSSR count). The van der Waals surface area contributed by atoms with Crippen molar-refractivity contribution in [3.8, 4) is 0 Å². The maximum absolute atomic E-state index is 6.07. The van der Waals surface area contributed by atoms with Gasteiger partial charge < -0.3 is 15.4 Å². The Morgan fingerprint density at radius 2 is 1.92 bits per heavy atom. The molecule has 0 amide bonds. The van der Waals surface area contributed by atoms with Gasteiger partial charge in [-0.2, -0.15) is 11.8 Å². The lowest BCUT2D eigenvalue weighted by atomic mass is 10.1. The second kappa shape index (κ2) is 13.0. The van der Waals surface area contributed by atoms with Crippen molar-refractivity contribution in [2.75, 3.05) is 51.8 Å². The van der Waals surface area contributed by atoms with Crippen molar-refractivity contribution in [3.63, 3.8) is 0 Å². The van der Waals surface area contributed by atoms with Gasteiger partial charge in [-0.05, 0) is 31.1 Å². The number of benzene rings is 1. The van der Waals surface area contributed by atoms with Gasteiger partial charge in [-0.15, -0.1) is 0 Å². The lowest BCUT2D eigenvalue weighted by Gasteiger charge is -2.32. The van der Waals surface area contributed by atoms with Gasteiger partial charge in [0, 0.05) is 52.1 Å². The second-order valence-corrected chi connectivity index (χ2v) is 7.59. The van der Waals surface area contributed by atoms with E-state index in [1.165, 1.54) is 5.56 Å². The highest BCUT2D eigenvalue weighted by atomic mass is 32.2. The Kier molecular flexibility index (Phi) is 10.5. The smallest absolute Gasteiger partial charge is 0.191 e. The number of nitrogens with zero attached hydrogens (tertiary/aromatic N) is 2. The molecule has 26 heavy (non-hydrogen) atoms. The van der Waals surface area contributed by atoms with Crippen LogP contribution in [0.4, 0.5) is 0 Å². The third kappa shape index (κ3) is 8.43. The van der Waals surface area contributed by atoms with E-state index in [1.807, 2.05) is 18.8 Å². The summed E-state index contributed by atoms with van der Waals surface area (Å²) in [6, 6.07) is 10.7. The third-order valence-electron chi connectivity index (χ3n) is 4.57. The molecule has 1 aromatic carbocycles. The minimum atomic E-state index is 0.418. The van der Waals surface area contributed by atoms with Crippen LogP contribution >= 0.6 is 11.8 Å². The van der Waals surface area contributed by atoms with Gasteiger partial charge in [-0.25, -0.2) is 0 Å². The number of likely N-dealkylation sites (tertiary alicyclic amines) is 1. The third-order valence-corrected chi connectivity index (χ3v) is 5.19. The maximum atomic E-state index is 6.07. The predicted octanol–water partition coefficient (Wildman–Crippen LogP) is 2.59. The Bertz CT molecular complexity index is 504. The van der Waals surface area contributed by atoms with Crippen LogP contribution in [0.1, 0.15) is 24.8 Å². The van der Waals surface area contributed by atoms with Gasteiger partial charge in [0.05, 0.1) is 6.10 Å². The largest absolute Gasteiger partial charge is 0.378 e. The Labute approximate surface area is 163 Å². The zero-order valence-corrected chi connectivity index (χ0v) is 17.1. The molecule has 1 fully saturated rings. The van der Waals surface area contributed by atoms with Crippen molar-refractivity contribution < 1.29 is 4.74 Å². The fraction of sp³-hybridized carbons (Fsp3) is 0.650. The zero-order chi connectivity index (χ0) is 18.5. The molecular weight excluding hydrogens is 344 g/mol. The summed E-state index contributed by atoms with van der Waals surface area (Å²) < 4.78 is 6.07. The Morgan fingerprint density at radius 1 is 1.19 bits per heavy atom. The molecular formula is C20H34N4OS. The molecule has 1 heterocycles. The minimum absolute atomic E-state index is 0.418. The van der Waals surface area contributed by atoms with Gasteiger partial charge in [-0.3, -0.25) is 9.89 Å².